The first kappa shape index (κ1) is 68.9. The lowest BCUT2D eigenvalue weighted by molar-refractivity contribution is -0.870. The zero-order valence-corrected chi connectivity index (χ0v) is 48.0. The number of amides is 1. The number of phosphoric acid groups is 1. The van der Waals surface area contributed by atoms with E-state index in [4.69, 9.17) is 13.8 Å². The van der Waals surface area contributed by atoms with Gasteiger partial charge in [0.25, 0.3) is 7.82 Å². The maximum absolute atomic E-state index is 13.5. The molecule has 0 spiro atoms. The molecule has 0 heterocycles. The van der Waals surface area contributed by atoms with Crippen LogP contribution in [0.1, 0.15) is 233 Å². The molecule has 0 saturated carbocycles. The van der Waals surface area contributed by atoms with Crippen LogP contribution in [0.2, 0.25) is 0 Å². The summed E-state index contributed by atoms with van der Waals surface area (Å²) in [5, 5.41) is 3.00. The summed E-state index contributed by atoms with van der Waals surface area (Å²) in [7, 11) is 1.14. The Morgan fingerprint density at radius 3 is 1.38 bits per heavy atom. The average Bonchev–Trinajstić information content (AvgIpc) is 3.34. The molecule has 3 unspecified atom stereocenters. The van der Waals surface area contributed by atoms with Gasteiger partial charge in [0.15, 0.2) is 0 Å². The first-order valence-electron chi connectivity index (χ1n) is 29.0. The largest absolute Gasteiger partial charge is 0.756 e. The number of nitrogens with one attached hydrogen (secondary N) is 1. The van der Waals surface area contributed by atoms with E-state index in [1.165, 1.54) is 83.5 Å². The molecule has 1 N–H and O–H groups in total. The van der Waals surface area contributed by atoms with Gasteiger partial charge in [-0.25, -0.2) is 0 Å². The lowest BCUT2D eigenvalue weighted by atomic mass is 10.0. The summed E-state index contributed by atoms with van der Waals surface area (Å²) in [6.45, 7) is 6.64. The Hall–Kier alpha value is -3.07. The van der Waals surface area contributed by atoms with Gasteiger partial charge in [0.1, 0.15) is 19.3 Å². The predicted molar refractivity (Wildman–Crippen MR) is 307 cm³/mol. The zero-order chi connectivity index (χ0) is 52.9. The van der Waals surface area contributed by atoms with Gasteiger partial charge in [-0.3, -0.25) is 14.2 Å². The molecule has 0 radical (unpaired) electrons. The second kappa shape index (κ2) is 51.4. The summed E-state index contributed by atoms with van der Waals surface area (Å²) in [6, 6.07) is -0.919. The molecule has 0 aliphatic rings. The molecule has 0 aromatic heterocycles. The standard InChI is InChI=1S/C62H109N2O7P/c1-7-10-13-16-19-22-25-28-30-32-34-37-40-43-46-49-52-55-62(66)71-60(53-50-47-44-41-38-35-27-24-21-18-15-12-9-3)59(58-70-72(67,68)69-57-56-64(4,5)6)63-61(65)54-51-48-45-42-39-36-33-31-29-26-23-20-17-14-11-8-2/h11,14,19-20,22-23,28-31,34,36-37,39,50,53,59-60H,7-10,12-13,15-18,21,24-27,32-33,35,38,40-49,51-52,54-58H2,1-6H3,(H-,63,65,67,68)/b14-11+,22-19-,23-20+,30-28-,31-29+,37-34-,39-36+,53-50+. The number of hydrogen-bond acceptors (Lipinski definition) is 7. The molecule has 0 saturated heterocycles. The van der Waals surface area contributed by atoms with E-state index in [0.717, 1.165) is 103 Å². The van der Waals surface area contributed by atoms with Crippen LogP contribution in [0.4, 0.5) is 0 Å². The molecule has 0 aliphatic heterocycles. The van der Waals surface area contributed by atoms with Crippen LogP contribution in [0.15, 0.2) is 97.2 Å². The van der Waals surface area contributed by atoms with Gasteiger partial charge in [-0.2, -0.15) is 0 Å². The van der Waals surface area contributed by atoms with Gasteiger partial charge in [0, 0.05) is 12.8 Å². The lowest BCUT2D eigenvalue weighted by Crippen LogP contribution is -2.47. The molecule has 0 aromatic rings. The summed E-state index contributed by atoms with van der Waals surface area (Å²) in [5.74, 6) is -0.608. The normalized spacial score (nSPS) is 14.5. The molecule has 9 nitrogen and oxygen atoms in total. The molecule has 0 fully saturated rings. The molecule has 0 rings (SSSR count). The number of rotatable bonds is 51. The quantitative estimate of drug-likeness (QED) is 0.0212. The highest BCUT2D eigenvalue weighted by atomic mass is 31.2. The van der Waals surface area contributed by atoms with Gasteiger partial charge >= 0.3 is 5.97 Å². The Balaban J connectivity index is 5.47. The Morgan fingerprint density at radius 1 is 0.500 bits per heavy atom. The number of phosphoric ester groups is 1. The van der Waals surface area contributed by atoms with Crippen molar-refractivity contribution < 1.29 is 37.3 Å². The number of quaternary nitrogens is 1. The van der Waals surface area contributed by atoms with E-state index < -0.39 is 26.6 Å². The fourth-order valence-corrected chi connectivity index (χ4v) is 8.48. The van der Waals surface area contributed by atoms with Crippen molar-refractivity contribution in [2.45, 2.75) is 245 Å². The van der Waals surface area contributed by atoms with Crippen molar-refractivity contribution >= 4 is 19.7 Å². The molecule has 414 valence electrons. The van der Waals surface area contributed by atoms with Crippen LogP contribution < -0.4 is 10.2 Å². The third-order valence-corrected chi connectivity index (χ3v) is 13.2. The lowest BCUT2D eigenvalue weighted by Gasteiger charge is -2.30. The van der Waals surface area contributed by atoms with Crippen LogP contribution in [-0.4, -0.2) is 69.4 Å². The van der Waals surface area contributed by atoms with Gasteiger partial charge in [-0.1, -0.05) is 208 Å². The second-order valence-electron chi connectivity index (χ2n) is 20.4. The van der Waals surface area contributed by atoms with Gasteiger partial charge < -0.3 is 28.5 Å². The molecule has 10 heteroatoms. The van der Waals surface area contributed by atoms with E-state index in [-0.39, 0.29) is 31.3 Å². The van der Waals surface area contributed by atoms with Crippen molar-refractivity contribution in [3.05, 3.63) is 97.2 Å². The topological polar surface area (TPSA) is 114 Å². The molecule has 0 aromatic carbocycles. The summed E-state index contributed by atoms with van der Waals surface area (Å²) in [4.78, 5) is 39.9. The van der Waals surface area contributed by atoms with Crippen LogP contribution in [0.3, 0.4) is 0 Å². The average molecular weight is 1030 g/mol. The van der Waals surface area contributed by atoms with E-state index >= 15 is 0 Å². The fraction of sp³-hybridized carbons (Fsp3) is 0.710. The Labute approximate surface area is 443 Å². The molecule has 0 aliphatic carbocycles. The van der Waals surface area contributed by atoms with Crippen LogP contribution in [0.25, 0.3) is 0 Å². The number of likely N-dealkylation sites (N-methyl/N-ethyl adjacent to an activating group) is 1. The smallest absolute Gasteiger partial charge is 0.306 e. The molecular weight excluding hydrogens is 916 g/mol. The summed E-state index contributed by atoms with van der Waals surface area (Å²) in [5.41, 5.74) is 0. The third kappa shape index (κ3) is 51.8. The Morgan fingerprint density at radius 2 is 0.889 bits per heavy atom. The van der Waals surface area contributed by atoms with Crippen molar-refractivity contribution in [1.82, 2.24) is 5.32 Å². The first-order valence-corrected chi connectivity index (χ1v) is 30.5. The molecule has 72 heavy (non-hydrogen) atoms. The van der Waals surface area contributed by atoms with Crippen LogP contribution in [0, 0.1) is 0 Å². The van der Waals surface area contributed by atoms with Gasteiger partial charge in [-0.15, -0.1) is 0 Å². The molecule has 3 atom stereocenters. The van der Waals surface area contributed by atoms with E-state index in [9.17, 15) is 19.0 Å². The number of nitrogens with zero attached hydrogens (tertiary/aromatic N) is 1. The highest BCUT2D eigenvalue weighted by Crippen LogP contribution is 2.38. The van der Waals surface area contributed by atoms with Gasteiger partial charge in [0.05, 0.1) is 33.8 Å². The second-order valence-corrected chi connectivity index (χ2v) is 21.8. The first-order chi connectivity index (χ1) is 34.9. The third-order valence-electron chi connectivity index (χ3n) is 12.2. The number of carbonyl (C=O) groups is 2. The minimum atomic E-state index is -4.72. The number of carbonyl (C=O) groups excluding carboxylic acids is 2. The Bertz CT molecular complexity index is 1560. The predicted octanol–water partition coefficient (Wildman–Crippen LogP) is 17.0. The van der Waals surface area contributed by atoms with Crippen molar-refractivity contribution in [3.8, 4) is 0 Å². The number of esters is 1. The van der Waals surface area contributed by atoms with Crippen LogP contribution in [0.5, 0.6) is 0 Å². The van der Waals surface area contributed by atoms with E-state index in [2.05, 4.69) is 111 Å². The summed E-state index contributed by atoms with van der Waals surface area (Å²) < 4.78 is 30.2. The van der Waals surface area contributed by atoms with Crippen LogP contribution >= 0.6 is 7.82 Å². The van der Waals surface area contributed by atoms with Crippen molar-refractivity contribution in [3.63, 3.8) is 0 Å². The number of hydrogen-bond donors (Lipinski definition) is 1. The highest BCUT2D eigenvalue weighted by molar-refractivity contribution is 7.45. The fourth-order valence-electron chi connectivity index (χ4n) is 7.75. The maximum atomic E-state index is 13.5. The number of ether oxygens (including phenoxy) is 1. The number of allylic oxidation sites excluding steroid dienone is 15. The summed E-state index contributed by atoms with van der Waals surface area (Å²) in [6.07, 6.45) is 68.0. The van der Waals surface area contributed by atoms with E-state index in [0.29, 0.717) is 23.9 Å². The van der Waals surface area contributed by atoms with Crippen molar-refractivity contribution in [1.29, 1.82) is 0 Å². The molecule has 0 bridgehead atoms. The van der Waals surface area contributed by atoms with Crippen molar-refractivity contribution in [2.24, 2.45) is 0 Å². The highest BCUT2D eigenvalue weighted by Gasteiger charge is 2.27. The monoisotopic (exact) mass is 1020 g/mol. The van der Waals surface area contributed by atoms with Gasteiger partial charge in [0.2, 0.25) is 5.91 Å². The van der Waals surface area contributed by atoms with Gasteiger partial charge in [-0.05, 0) is 109 Å². The SMILES string of the molecule is CC/C=C/C/C=C/C/C=C/C/C=C/CCCCCC(=O)NC(COP(=O)([O-])OCC[N+](C)(C)C)C(/C=C/CCCCCCCCCCCCC)OC(=O)CCCCCC/C=C\C/C=C\C/C=C\CCCCC. The molecule has 1 amide bonds. The zero-order valence-electron chi connectivity index (χ0n) is 47.1. The van der Waals surface area contributed by atoms with E-state index in [1.807, 2.05) is 33.3 Å². The minimum absolute atomic E-state index is 0.0372. The minimum Gasteiger partial charge on any atom is -0.756 e. The molecular formula is C62H109N2O7P. The van der Waals surface area contributed by atoms with E-state index in [1.54, 1.807) is 0 Å². The van der Waals surface area contributed by atoms with Crippen molar-refractivity contribution in [2.75, 3.05) is 40.9 Å². The maximum Gasteiger partial charge on any atom is 0.306 e. The number of unbranched alkanes of at least 4 members (excludes halogenated alkanes) is 21. The van der Waals surface area contributed by atoms with Crippen LogP contribution in [-0.2, 0) is 27.9 Å². The Kier molecular flexibility index (Phi) is 49.2. The summed E-state index contributed by atoms with van der Waals surface area (Å²) >= 11 is 0.